The molecule has 6 heterocycles. The number of guanidine groups is 1. The van der Waals surface area contributed by atoms with Gasteiger partial charge in [-0.1, -0.05) is 51.1 Å². The summed E-state index contributed by atoms with van der Waals surface area (Å²) in [6.07, 6.45) is -0.774. The Bertz CT molecular complexity index is 4540. The average molecular weight is 1790 g/mol. The van der Waals surface area contributed by atoms with Crippen LogP contribution in [0.1, 0.15) is 175 Å². The molecule has 1 saturated heterocycles. The van der Waals surface area contributed by atoms with E-state index in [0.29, 0.717) is 62.3 Å². The Morgan fingerprint density at radius 2 is 1.09 bits per heavy atom. The van der Waals surface area contributed by atoms with Gasteiger partial charge in [0.2, 0.25) is 47.3 Å². The minimum atomic E-state index is -1.71. The van der Waals surface area contributed by atoms with Crippen LogP contribution >= 0.6 is 0 Å². The smallest absolute Gasteiger partial charge is 0.481 e. The molecule has 1 aromatic carbocycles. The summed E-state index contributed by atoms with van der Waals surface area (Å²) in [6, 6.07) is 7.99. The third-order valence-corrected chi connectivity index (χ3v) is 20.6. The second-order valence-electron chi connectivity index (χ2n) is 29.3. The number of nitrogens with two attached hydrogens (primary N) is 2. The van der Waals surface area contributed by atoms with Crippen molar-refractivity contribution in [1.29, 1.82) is 5.41 Å². The molecule has 9 amide bonds. The molecule has 0 aliphatic carbocycles. The molecule has 118 heavy (non-hydrogen) atoms. The zero-order valence-electron chi connectivity index (χ0n) is 67.0. The van der Waals surface area contributed by atoms with Gasteiger partial charge in [-0.2, -0.15) is 0 Å². The number of aromatic amines is 2. The summed E-state index contributed by atoms with van der Waals surface area (Å²) in [7, 11) is 1.19. The first-order chi connectivity index (χ1) is 55.5. The number of methoxy groups -OCH3 is 1. The van der Waals surface area contributed by atoms with Crippen molar-refractivity contribution in [3.63, 3.8) is 0 Å². The largest absolute Gasteiger partial charge is 3.00 e. The van der Waals surface area contributed by atoms with Gasteiger partial charge in [0.25, 0.3) is 5.91 Å². The number of Topliss-reactive ketones (excluding diaryl/α,β-unsaturated/α-hetero) is 1. The number of aromatic nitrogens is 4. The Hall–Kier alpha value is -10.9. The molecule has 0 saturated carbocycles. The van der Waals surface area contributed by atoms with Gasteiger partial charge < -0.3 is 94.4 Å². The van der Waals surface area contributed by atoms with E-state index in [9.17, 15) is 87.5 Å². The summed E-state index contributed by atoms with van der Waals surface area (Å²) in [6.45, 7) is 7.21. The van der Waals surface area contributed by atoms with Crippen molar-refractivity contribution >= 4 is 117 Å². The number of ketones is 1. The Morgan fingerprint density at radius 1 is 0.568 bits per heavy atom. The zero-order valence-corrected chi connectivity index (χ0v) is 69.2. The predicted octanol–water partition coefficient (Wildman–Crippen LogP) is -0.358. The molecule has 4 aromatic rings. The number of H-pyrrole nitrogens is 2. The molecule has 0 unspecified atom stereocenters. The van der Waals surface area contributed by atoms with Crippen molar-refractivity contribution in [2.24, 2.45) is 11.5 Å². The third-order valence-electron chi connectivity index (χ3n) is 20.6. The number of aryl methyl sites for hydroxylation is 2. The molecule has 0 spiro atoms. The van der Waals surface area contributed by atoms with Crippen molar-refractivity contribution in [2.45, 2.75) is 160 Å². The number of unbranched alkanes of at least 4 members (excludes halogenated alkanes) is 1. The quantitative estimate of drug-likeness (QED) is 0.00889. The van der Waals surface area contributed by atoms with E-state index in [2.05, 4.69) is 57.8 Å². The molecule has 7 rings (SSSR count). The first-order valence-electron chi connectivity index (χ1n) is 38.6. The van der Waals surface area contributed by atoms with Gasteiger partial charge in [0.15, 0.2) is 11.7 Å². The van der Waals surface area contributed by atoms with E-state index >= 15 is 4.79 Å². The van der Waals surface area contributed by atoms with Gasteiger partial charge in [0, 0.05) is 128 Å². The van der Waals surface area contributed by atoms with Gasteiger partial charge >= 0.3 is 69.8 Å². The summed E-state index contributed by atoms with van der Waals surface area (Å²) in [5.41, 5.74) is 16.6. The maximum absolute atomic E-state index is 15.1. The topological polar surface area (TPSA) is 597 Å². The molecule has 40 heteroatoms. The molecular weight excluding hydrogens is 1680 g/mol. The molecule has 20 N–H and O–H groups in total. The molecule has 639 valence electrons. The van der Waals surface area contributed by atoms with Crippen LogP contribution in [0.25, 0.3) is 22.1 Å². The number of rotatable bonds is 40. The molecule has 3 aromatic heterocycles. The summed E-state index contributed by atoms with van der Waals surface area (Å²) in [5.74, 6) is -15.5. The Kier molecular flexibility index (Phi) is 37.6. The van der Waals surface area contributed by atoms with E-state index in [1.807, 2.05) is 32.9 Å². The van der Waals surface area contributed by atoms with Crippen molar-refractivity contribution in [3.05, 3.63) is 105 Å². The monoisotopic (exact) mass is 1790 g/mol. The standard InChI is InChI=1S/C78H107N19O20.Gd/c1-8-47-41(2)52-33-57-69(45(6)98)43(4)54(88-57)31-53-42(3)48(29-61(100)82-20-13-12-18-51-74(113)92-50(19-14-21-85-78(80)81)73(112)86-35-62(101)89-59(34-64(103)104)76(115)94-58(75(114)93-51)28-46-16-10-9-11-17-46)71(90-53)49(30-68(111)117-7)72-70(44(5)55(91-72)32-56(47)87-52)77(116)84-23-15-22-83-63(102)37-97(40-67(109)110)27-25-95(38-65(105)106)24-26-96(36-60(79)99)39-66(107)108;/h9-11,16-17,31-33,41-42,47-48,50-51,58-59,88,91H,8,12-15,18-30,34-40H2,1-7H3,(H2,79,99)(H,82,100)(H,83,102)(H,84,116)(H,86,112)(H,89,101)(H,92,113)(H,93,114)(H,94,115)(H,103,104)(H,105,106)(H,107,108)(H,109,110)(H4,80,81,85);/q;+3/t41-,42+,47-,48+,50+,51+,58-,59+;/m1./s1. The van der Waals surface area contributed by atoms with Crippen molar-refractivity contribution in [1.82, 2.24) is 82.5 Å². The van der Waals surface area contributed by atoms with E-state index in [-0.39, 0.29) is 190 Å². The van der Waals surface area contributed by atoms with Gasteiger partial charge in [-0.25, -0.2) is 0 Å². The maximum Gasteiger partial charge on any atom is 3.00 e. The fourth-order valence-corrected chi connectivity index (χ4v) is 14.5. The van der Waals surface area contributed by atoms with Gasteiger partial charge in [-0.05, 0) is 101 Å². The molecule has 1 radical (unpaired) electrons. The number of ether oxygens (including phenoxy) is 1. The minimum Gasteiger partial charge on any atom is -0.481 e. The number of carbonyl (C=O) groups is 15. The average Bonchev–Trinajstić information content (AvgIpc) is 1.60. The minimum absolute atomic E-state index is 0. The van der Waals surface area contributed by atoms with Crippen LogP contribution in [0.5, 0.6) is 0 Å². The first-order valence-corrected chi connectivity index (χ1v) is 38.6. The predicted molar refractivity (Wildman–Crippen MR) is 424 cm³/mol. The van der Waals surface area contributed by atoms with E-state index in [0.717, 1.165) is 0 Å². The first kappa shape index (κ1) is 95.9. The van der Waals surface area contributed by atoms with Crippen LogP contribution in [0.2, 0.25) is 0 Å². The van der Waals surface area contributed by atoms with Gasteiger partial charge in [0.1, 0.15) is 24.2 Å². The van der Waals surface area contributed by atoms with E-state index in [1.54, 1.807) is 50.2 Å². The van der Waals surface area contributed by atoms with Crippen molar-refractivity contribution in [3.8, 4) is 0 Å². The molecule has 3 aliphatic rings. The number of primary amides is 1. The van der Waals surface area contributed by atoms with Crippen LogP contribution in [-0.2, 0) is 79.9 Å². The van der Waals surface area contributed by atoms with Gasteiger partial charge in [-0.3, -0.25) is 102 Å². The summed E-state index contributed by atoms with van der Waals surface area (Å²) >= 11 is 0. The SMILES string of the molecule is CC[C@H]1c2cc3[nH]c(c(CC(=O)OC)c4nc(cc5[nH]c(cc(n2)[C@@H]1C)c(C(C)=O)c5C)[C@@H](C)[C@@H]4CC(=O)NCCCC[C@@H]1NC(=O)[C@@H](Cc2ccccc2)NC(=O)[C@H](CC(=O)O)NC(=O)CNC(=O)[C@H](CCCNC(=N)N)NC1=O)c(C(=O)NCCCNC(=O)CN(CCN(CCN(CC(N)=O)CC(=O)O)CC(=O)O)CC(=O)O)c3C.[Gd+3]. The normalized spacial score (nSPS) is 18.4. The Labute approximate surface area is 712 Å². The number of carboxylic acid groups (broad SMARTS) is 4. The third kappa shape index (κ3) is 28.7. The van der Waals surface area contributed by atoms with Crippen LogP contribution in [0.3, 0.4) is 0 Å². The second kappa shape index (κ2) is 46.3. The number of carbonyl (C=O) groups excluding carboxylic acids is 11. The zero-order chi connectivity index (χ0) is 85.9. The number of benzene rings is 1. The number of amides is 9. The summed E-state index contributed by atoms with van der Waals surface area (Å²) < 4.78 is 5.33. The second-order valence-corrected chi connectivity index (χ2v) is 29.3. The number of hydrogen-bond donors (Lipinski definition) is 18. The van der Waals surface area contributed by atoms with Crippen LogP contribution in [-0.4, -0.2) is 273 Å². The van der Waals surface area contributed by atoms with Crippen molar-refractivity contribution < 1.29 is 137 Å². The van der Waals surface area contributed by atoms with Crippen molar-refractivity contribution in [2.75, 3.05) is 98.7 Å². The molecule has 8 atom stereocenters. The number of aliphatic carboxylic acids is 4. The fourth-order valence-electron chi connectivity index (χ4n) is 14.5. The number of nitrogens with one attached hydrogen (secondary N) is 12. The van der Waals surface area contributed by atoms with Gasteiger partial charge in [0.05, 0.1) is 81.5 Å². The number of carboxylic acids is 4. The van der Waals surface area contributed by atoms with Gasteiger partial charge in [-0.15, -0.1) is 0 Å². The number of esters is 1. The number of fused-ring (bicyclic) bond motifs is 8. The van der Waals surface area contributed by atoms with Crippen LogP contribution in [0.4, 0.5) is 0 Å². The number of hydrogen-bond acceptors (Lipinski definition) is 22. The summed E-state index contributed by atoms with van der Waals surface area (Å²) in [5, 5.41) is 70.0. The molecule has 8 bridgehead atoms. The molecule has 3 aliphatic heterocycles. The maximum atomic E-state index is 15.1. The molecular formula is C78H107GdN19O20+3. The molecule has 39 nitrogen and oxygen atoms in total. The van der Waals surface area contributed by atoms with Crippen LogP contribution in [0.15, 0.2) is 48.5 Å². The van der Waals surface area contributed by atoms with E-state index in [1.165, 1.54) is 28.7 Å². The van der Waals surface area contributed by atoms with Crippen LogP contribution < -0.4 is 59.3 Å². The number of nitrogens with zero attached hydrogens (tertiary/aromatic N) is 5. The summed E-state index contributed by atoms with van der Waals surface area (Å²) in [4.78, 5) is 221. The molecule has 1 fully saturated rings. The fraction of sp³-hybridized carbons (Fsp3) is 0.513. The Balaban J connectivity index is 0.0000216. The van der Waals surface area contributed by atoms with E-state index in [4.69, 9.17) is 31.6 Å². The van der Waals surface area contributed by atoms with Crippen LogP contribution in [0, 0.1) is 59.2 Å². The van der Waals surface area contributed by atoms with E-state index < -0.39 is 171 Å². The Morgan fingerprint density at radius 3 is 1.71 bits per heavy atom.